The van der Waals surface area contributed by atoms with Gasteiger partial charge in [0.1, 0.15) is 5.82 Å². The standard InChI is InChI=1S/C28H30N4O/c1-4-18(2)24(17-29-3)20-13-23-21(7-10-31-27(23)32-16-20)19-5-6-22-25(14-19)28(15-26(22)33)8-11-30-12-9-28/h4-7,13-14,16-17,30H,3,8-12,15H2,1-2H3,(H,31,32)/b18-4-,24-17+. The Balaban J connectivity index is 1.60. The van der Waals surface area contributed by atoms with Gasteiger partial charge in [0.25, 0.3) is 0 Å². The Morgan fingerprint density at radius 3 is 2.79 bits per heavy atom. The van der Waals surface area contributed by atoms with Crippen molar-refractivity contribution < 1.29 is 4.79 Å². The molecular weight excluding hydrogens is 408 g/mol. The lowest BCUT2D eigenvalue weighted by Crippen LogP contribution is -2.38. The number of nitrogens with zero attached hydrogens (tertiary/aromatic N) is 2. The van der Waals surface area contributed by atoms with Crippen molar-refractivity contribution in [2.75, 3.05) is 25.0 Å². The number of benzene rings is 1. The van der Waals surface area contributed by atoms with Crippen molar-refractivity contribution in [3.8, 4) is 0 Å². The third-order valence-corrected chi connectivity index (χ3v) is 7.40. The number of aromatic nitrogens is 1. The third-order valence-electron chi connectivity index (χ3n) is 7.40. The maximum atomic E-state index is 12.8. The molecule has 1 aromatic heterocycles. The number of ketones is 1. The number of allylic oxidation sites excluding steroid dienone is 3. The van der Waals surface area contributed by atoms with E-state index in [1.165, 1.54) is 5.56 Å². The van der Waals surface area contributed by atoms with Gasteiger partial charge in [-0.15, -0.1) is 0 Å². The Labute approximate surface area is 195 Å². The summed E-state index contributed by atoms with van der Waals surface area (Å²) in [5.74, 6) is 1.17. The number of hydrogen-bond donors (Lipinski definition) is 2. The van der Waals surface area contributed by atoms with Crippen LogP contribution in [0.1, 0.15) is 65.7 Å². The summed E-state index contributed by atoms with van der Waals surface area (Å²) < 4.78 is 0. The molecule has 1 spiro atoms. The molecule has 3 heterocycles. The van der Waals surface area contributed by atoms with Gasteiger partial charge in [-0.05, 0) is 80.9 Å². The smallest absolute Gasteiger partial charge is 0.164 e. The molecule has 0 saturated carbocycles. The zero-order valence-corrected chi connectivity index (χ0v) is 19.4. The SMILES string of the molecule is C=N/C=C(\C(C)=C/C)c1cnc2c(c1)C(c1ccc3c(c1)C1(CCNCC1)CC3=O)=CCN2. The second kappa shape index (κ2) is 8.56. The summed E-state index contributed by atoms with van der Waals surface area (Å²) in [7, 11) is 0. The number of rotatable bonds is 4. The van der Waals surface area contributed by atoms with E-state index in [0.717, 1.165) is 77.3 Å². The van der Waals surface area contributed by atoms with Crippen LogP contribution in [0.3, 0.4) is 0 Å². The highest BCUT2D eigenvalue weighted by molar-refractivity contribution is 6.03. The zero-order chi connectivity index (χ0) is 23.0. The van der Waals surface area contributed by atoms with E-state index in [1.807, 2.05) is 19.2 Å². The molecule has 0 radical (unpaired) electrons. The minimum absolute atomic E-state index is 0.0152. The van der Waals surface area contributed by atoms with Crippen LogP contribution in [-0.2, 0) is 5.41 Å². The molecule has 5 nitrogen and oxygen atoms in total. The normalized spacial score (nSPS) is 19.6. The number of aliphatic imine (C=N–C) groups is 1. The highest BCUT2D eigenvalue weighted by Gasteiger charge is 2.44. The first-order valence-electron chi connectivity index (χ1n) is 11.7. The molecule has 1 fully saturated rings. The average Bonchev–Trinajstić information content (AvgIpc) is 3.11. The Morgan fingerprint density at radius 1 is 1.21 bits per heavy atom. The number of piperidine rings is 1. The van der Waals surface area contributed by atoms with E-state index in [0.29, 0.717) is 6.42 Å². The molecule has 3 aliphatic rings. The van der Waals surface area contributed by atoms with Gasteiger partial charge in [-0.3, -0.25) is 9.79 Å². The lowest BCUT2D eigenvalue weighted by atomic mass is 9.73. The number of pyridine rings is 1. The molecule has 2 N–H and O–H groups in total. The van der Waals surface area contributed by atoms with Crippen molar-refractivity contribution in [3.63, 3.8) is 0 Å². The molecule has 1 aliphatic carbocycles. The maximum absolute atomic E-state index is 12.8. The van der Waals surface area contributed by atoms with Crippen LogP contribution < -0.4 is 10.6 Å². The Kier molecular flexibility index (Phi) is 5.59. The van der Waals surface area contributed by atoms with Crippen LogP contribution in [0, 0.1) is 0 Å². The molecule has 2 aromatic rings. The molecule has 0 unspecified atom stereocenters. The van der Waals surface area contributed by atoms with Gasteiger partial charge in [0.2, 0.25) is 0 Å². The predicted octanol–water partition coefficient (Wildman–Crippen LogP) is 5.15. The van der Waals surface area contributed by atoms with Crippen LogP contribution in [0.15, 0.2) is 59.4 Å². The van der Waals surface area contributed by atoms with Crippen LogP contribution in [-0.4, -0.2) is 37.1 Å². The minimum atomic E-state index is -0.0152. The molecule has 5 rings (SSSR count). The van der Waals surface area contributed by atoms with Gasteiger partial charge < -0.3 is 10.6 Å². The number of hydrogen-bond acceptors (Lipinski definition) is 5. The van der Waals surface area contributed by atoms with E-state index < -0.39 is 0 Å². The number of anilines is 1. The second-order valence-corrected chi connectivity index (χ2v) is 9.21. The quantitative estimate of drug-likeness (QED) is 0.512. The average molecular weight is 439 g/mol. The summed E-state index contributed by atoms with van der Waals surface area (Å²) in [6.07, 6.45) is 10.7. The van der Waals surface area contributed by atoms with Crippen molar-refractivity contribution in [2.24, 2.45) is 4.99 Å². The van der Waals surface area contributed by atoms with Crippen molar-refractivity contribution in [2.45, 2.75) is 38.5 Å². The maximum Gasteiger partial charge on any atom is 0.164 e. The van der Waals surface area contributed by atoms with Crippen LogP contribution >= 0.6 is 0 Å². The molecule has 1 saturated heterocycles. The van der Waals surface area contributed by atoms with E-state index in [1.54, 1.807) is 6.20 Å². The monoisotopic (exact) mass is 438 g/mol. The largest absolute Gasteiger partial charge is 0.366 e. The molecule has 168 valence electrons. The van der Waals surface area contributed by atoms with Crippen molar-refractivity contribution in [3.05, 3.63) is 82.2 Å². The first-order valence-corrected chi connectivity index (χ1v) is 11.7. The summed E-state index contributed by atoms with van der Waals surface area (Å²) >= 11 is 0. The Hall–Kier alpha value is -3.31. The van der Waals surface area contributed by atoms with Gasteiger partial charge in [0.15, 0.2) is 5.78 Å². The molecule has 33 heavy (non-hydrogen) atoms. The van der Waals surface area contributed by atoms with Crippen LogP contribution in [0.2, 0.25) is 0 Å². The van der Waals surface area contributed by atoms with Crippen LogP contribution in [0.4, 0.5) is 5.82 Å². The van der Waals surface area contributed by atoms with Crippen LogP contribution in [0.25, 0.3) is 11.1 Å². The summed E-state index contributed by atoms with van der Waals surface area (Å²) in [6.45, 7) is 10.4. The lowest BCUT2D eigenvalue weighted by Gasteiger charge is -2.34. The van der Waals surface area contributed by atoms with Gasteiger partial charge in [-0.1, -0.05) is 24.3 Å². The summed E-state index contributed by atoms with van der Waals surface area (Å²) in [5, 5.41) is 6.85. The molecule has 0 amide bonds. The first-order chi connectivity index (χ1) is 16.1. The van der Waals surface area contributed by atoms with E-state index in [2.05, 4.69) is 59.6 Å². The van der Waals surface area contributed by atoms with Gasteiger partial charge >= 0.3 is 0 Å². The van der Waals surface area contributed by atoms with E-state index >= 15 is 0 Å². The second-order valence-electron chi connectivity index (χ2n) is 9.21. The number of nitrogens with one attached hydrogen (secondary N) is 2. The molecule has 1 aromatic carbocycles. The van der Waals surface area contributed by atoms with Crippen LogP contribution in [0.5, 0.6) is 0 Å². The van der Waals surface area contributed by atoms with Gasteiger partial charge in [0, 0.05) is 53.0 Å². The lowest BCUT2D eigenvalue weighted by molar-refractivity contribution is 0.0964. The van der Waals surface area contributed by atoms with E-state index in [4.69, 9.17) is 4.98 Å². The van der Waals surface area contributed by atoms with Crippen molar-refractivity contribution in [1.82, 2.24) is 10.3 Å². The molecule has 0 bridgehead atoms. The van der Waals surface area contributed by atoms with Crippen molar-refractivity contribution >= 4 is 29.5 Å². The highest BCUT2D eigenvalue weighted by Crippen LogP contribution is 2.46. The fourth-order valence-electron chi connectivity index (χ4n) is 5.49. The Bertz CT molecular complexity index is 1230. The fourth-order valence-corrected chi connectivity index (χ4v) is 5.49. The van der Waals surface area contributed by atoms with E-state index in [-0.39, 0.29) is 11.2 Å². The van der Waals surface area contributed by atoms with Gasteiger partial charge in [-0.2, -0.15) is 0 Å². The predicted molar refractivity (Wildman–Crippen MR) is 136 cm³/mol. The number of carbonyl (C=O) groups excluding carboxylic acids is 1. The van der Waals surface area contributed by atoms with E-state index in [9.17, 15) is 4.79 Å². The molecule has 0 atom stereocenters. The molecule has 5 heteroatoms. The van der Waals surface area contributed by atoms with Crippen molar-refractivity contribution in [1.29, 1.82) is 0 Å². The number of carbonyl (C=O) groups is 1. The topological polar surface area (TPSA) is 66.4 Å². The Morgan fingerprint density at radius 2 is 2.03 bits per heavy atom. The summed E-state index contributed by atoms with van der Waals surface area (Å²) in [4.78, 5) is 21.6. The minimum Gasteiger partial charge on any atom is -0.366 e. The number of Topliss-reactive ketones (excluding diaryl/α,β-unsaturated/α-hetero) is 1. The summed E-state index contributed by atoms with van der Waals surface area (Å²) in [5.41, 5.74) is 8.67. The van der Waals surface area contributed by atoms with Gasteiger partial charge in [-0.25, -0.2) is 4.98 Å². The molecular formula is C28H30N4O. The number of fused-ring (bicyclic) bond motifs is 3. The highest BCUT2D eigenvalue weighted by atomic mass is 16.1. The molecule has 2 aliphatic heterocycles. The summed E-state index contributed by atoms with van der Waals surface area (Å²) in [6, 6.07) is 8.60. The fraction of sp³-hybridized carbons (Fsp3) is 0.321. The zero-order valence-electron chi connectivity index (χ0n) is 19.4. The first kappa shape index (κ1) is 21.5. The van der Waals surface area contributed by atoms with Gasteiger partial charge in [0.05, 0.1) is 0 Å². The third kappa shape index (κ3) is 3.66.